The van der Waals surface area contributed by atoms with E-state index in [4.69, 9.17) is 0 Å². The van der Waals surface area contributed by atoms with E-state index < -0.39 is 5.60 Å². The van der Waals surface area contributed by atoms with E-state index in [1.165, 1.54) is 31.5 Å². The highest BCUT2D eigenvalue weighted by atomic mass is 16.3. The second-order valence-electron chi connectivity index (χ2n) is 10.0. The maximum absolute atomic E-state index is 9.77. The Labute approximate surface area is 189 Å². The predicted molar refractivity (Wildman–Crippen MR) is 127 cm³/mol. The number of aliphatic hydroxyl groups excluding tert-OH is 1. The first-order valence-electron chi connectivity index (χ1n) is 11.9. The second-order valence-corrected chi connectivity index (χ2v) is 10.0. The molecule has 2 aliphatic rings. The number of piperazine rings is 1. The van der Waals surface area contributed by atoms with Crippen LogP contribution in [-0.2, 0) is 6.54 Å². The molecule has 5 nitrogen and oxygen atoms in total. The molecule has 1 aromatic carbocycles. The number of benzene rings is 1. The third-order valence-corrected chi connectivity index (χ3v) is 6.65. The maximum atomic E-state index is 9.77. The smallest absolute Gasteiger partial charge is 0.120 e. The fourth-order valence-corrected chi connectivity index (χ4v) is 4.87. The van der Waals surface area contributed by atoms with E-state index in [1.54, 1.807) is 13.8 Å². The van der Waals surface area contributed by atoms with Crippen molar-refractivity contribution in [2.75, 3.05) is 39.3 Å². The average molecular weight is 428 g/mol. The zero-order valence-corrected chi connectivity index (χ0v) is 19.8. The van der Waals surface area contributed by atoms with Crippen molar-refractivity contribution in [3.8, 4) is 11.8 Å². The van der Waals surface area contributed by atoms with E-state index >= 15 is 0 Å². The summed E-state index contributed by atoms with van der Waals surface area (Å²) < 4.78 is 0. The number of hydrogen-bond acceptors (Lipinski definition) is 5. The molecule has 0 bridgehead atoms. The molecule has 31 heavy (non-hydrogen) atoms. The summed E-state index contributed by atoms with van der Waals surface area (Å²) in [6.07, 6.45) is 3.34. The molecule has 172 valence electrons. The predicted octanol–water partition coefficient (Wildman–Crippen LogP) is 2.55. The molecule has 0 aromatic heterocycles. The summed E-state index contributed by atoms with van der Waals surface area (Å²) >= 11 is 0. The lowest BCUT2D eigenvalue weighted by Crippen LogP contribution is -2.58. The van der Waals surface area contributed by atoms with Gasteiger partial charge in [0.1, 0.15) is 5.60 Å². The SMILES string of the molecule is CC(C)N1CCC(N2CCN(Cc3ccc(C#CC(C)(C)O)cc3)C[C@@H]2CCO)CC1. The zero-order chi connectivity index (χ0) is 22.4. The van der Waals surface area contributed by atoms with Crippen LogP contribution in [0.1, 0.15) is 58.1 Å². The van der Waals surface area contributed by atoms with Crippen molar-refractivity contribution in [1.29, 1.82) is 0 Å². The molecular weight excluding hydrogens is 386 g/mol. The van der Waals surface area contributed by atoms with Gasteiger partial charge in [-0.3, -0.25) is 9.80 Å². The van der Waals surface area contributed by atoms with Crippen molar-refractivity contribution < 1.29 is 10.2 Å². The molecule has 0 saturated carbocycles. The van der Waals surface area contributed by atoms with Crippen LogP contribution >= 0.6 is 0 Å². The number of piperidine rings is 1. The molecule has 0 amide bonds. The first-order chi connectivity index (χ1) is 14.7. The lowest BCUT2D eigenvalue weighted by atomic mass is 9.97. The fourth-order valence-electron chi connectivity index (χ4n) is 4.87. The van der Waals surface area contributed by atoms with Gasteiger partial charge in [0.15, 0.2) is 0 Å². The summed E-state index contributed by atoms with van der Waals surface area (Å²) in [4.78, 5) is 7.81. The van der Waals surface area contributed by atoms with Crippen LogP contribution < -0.4 is 0 Å². The molecule has 0 radical (unpaired) electrons. The fraction of sp³-hybridized carbons (Fsp3) is 0.692. The van der Waals surface area contributed by atoms with Crippen molar-refractivity contribution in [2.45, 2.75) is 77.2 Å². The Morgan fingerprint density at radius 2 is 1.74 bits per heavy atom. The van der Waals surface area contributed by atoms with Crippen molar-refractivity contribution in [2.24, 2.45) is 0 Å². The lowest BCUT2D eigenvalue weighted by Gasteiger charge is -2.48. The Balaban J connectivity index is 1.56. The molecule has 2 saturated heterocycles. The van der Waals surface area contributed by atoms with E-state index in [9.17, 15) is 10.2 Å². The van der Waals surface area contributed by atoms with Crippen molar-refractivity contribution >= 4 is 0 Å². The van der Waals surface area contributed by atoms with Gasteiger partial charge in [-0.25, -0.2) is 0 Å². The molecule has 5 heteroatoms. The highest BCUT2D eigenvalue weighted by Gasteiger charge is 2.33. The van der Waals surface area contributed by atoms with Gasteiger partial charge in [0.25, 0.3) is 0 Å². The van der Waals surface area contributed by atoms with Crippen molar-refractivity contribution in [1.82, 2.24) is 14.7 Å². The molecular formula is C26H41N3O2. The van der Waals surface area contributed by atoms with E-state index in [0.29, 0.717) is 18.1 Å². The van der Waals surface area contributed by atoms with Crippen molar-refractivity contribution in [3.63, 3.8) is 0 Å². The van der Waals surface area contributed by atoms with Crippen LogP contribution in [0, 0.1) is 11.8 Å². The van der Waals surface area contributed by atoms with Gasteiger partial charge in [-0.2, -0.15) is 0 Å². The molecule has 2 fully saturated rings. The Bertz CT molecular complexity index is 737. The highest BCUT2D eigenvalue weighted by molar-refractivity contribution is 5.37. The summed E-state index contributed by atoms with van der Waals surface area (Å²) in [5.74, 6) is 5.91. The average Bonchev–Trinajstić information content (AvgIpc) is 2.73. The first kappa shape index (κ1) is 24.2. The molecule has 0 unspecified atom stereocenters. The topological polar surface area (TPSA) is 50.2 Å². The van der Waals surface area contributed by atoms with Gasteiger partial charge in [0.05, 0.1) is 0 Å². The number of rotatable bonds is 6. The van der Waals surface area contributed by atoms with Gasteiger partial charge >= 0.3 is 0 Å². The molecule has 2 N–H and O–H groups in total. The Kier molecular flexibility index (Phi) is 8.55. The van der Waals surface area contributed by atoms with Gasteiger partial charge in [-0.05, 0) is 77.7 Å². The third-order valence-electron chi connectivity index (χ3n) is 6.65. The minimum Gasteiger partial charge on any atom is -0.396 e. The molecule has 0 spiro atoms. The van der Waals surface area contributed by atoms with E-state index in [0.717, 1.165) is 38.2 Å². The van der Waals surface area contributed by atoms with Crippen LogP contribution in [-0.4, -0.2) is 88.0 Å². The van der Waals surface area contributed by atoms with Crippen LogP contribution in [0.3, 0.4) is 0 Å². The van der Waals surface area contributed by atoms with Crippen LogP contribution in [0.2, 0.25) is 0 Å². The van der Waals surface area contributed by atoms with Crippen LogP contribution in [0.15, 0.2) is 24.3 Å². The van der Waals surface area contributed by atoms with Gasteiger partial charge in [0.2, 0.25) is 0 Å². The second kappa shape index (κ2) is 10.9. The minimum atomic E-state index is -0.967. The monoisotopic (exact) mass is 427 g/mol. The zero-order valence-electron chi connectivity index (χ0n) is 19.8. The lowest BCUT2D eigenvalue weighted by molar-refractivity contribution is -0.0000297. The number of nitrogens with zero attached hydrogens (tertiary/aromatic N) is 3. The molecule has 1 aromatic rings. The number of likely N-dealkylation sites (tertiary alicyclic amines) is 1. The Hall–Kier alpha value is -1.42. The van der Waals surface area contributed by atoms with Gasteiger partial charge in [-0.1, -0.05) is 24.0 Å². The van der Waals surface area contributed by atoms with Crippen LogP contribution in [0.5, 0.6) is 0 Å². The summed E-state index contributed by atoms with van der Waals surface area (Å²) in [6, 6.07) is 10.1. The molecule has 1 atom stereocenters. The van der Waals surface area contributed by atoms with E-state index in [-0.39, 0.29) is 6.61 Å². The van der Waals surface area contributed by atoms with Gasteiger partial charge < -0.3 is 15.1 Å². The summed E-state index contributed by atoms with van der Waals surface area (Å²) in [7, 11) is 0. The third kappa shape index (κ3) is 7.30. The first-order valence-corrected chi connectivity index (χ1v) is 11.9. The Morgan fingerprint density at radius 3 is 2.32 bits per heavy atom. The van der Waals surface area contributed by atoms with Crippen LogP contribution in [0.4, 0.5) is 0 Å². The summed E-state index contributed by atoms with van der Waals surface area (Å²) in [6.45, 7) is 14.7. The Morgan fingerprint density at radius 1 is 1.06 bits per heavy atom. The molecule has 0 aliphatic carbocycles. The number of hydrogen-bond donors (Lipinski definition) is 2. The number of aliphatic hydroxyl groups is 2. The van der Waals surface area contributed by atoms with E-state index in [1.807, 2.05) is 12.1 Å². The summed E-state index contributed by atoms with van der Waals surface area (Å²) in [5, 5.41) is 19.4. The van der Waals surface area contributed by atoms with Crippen LogP contribution in [0.25, 0.3) is 0 Å². The largest absolute Gasteiger partial charge is 0.396 e. The standard InChI is InChI=1S/C26H41N3O2/c1-21(2)28-14-10-24(11-15-28)29-17-16-27(20-25(29)12-18-30)19-23-7-5-22(6-8-23)9-13-26(3,4)31/h5-8,21,24-25,30-31H,10-12,14-20H2,1-4H3/t25-/m0/s1. The molecule has 2 aliphatic heterocycles. The molecule has 3 rings (SSSR count). The normalized spacial score (nSPS) is 22.5. The molecule has 2 heterocycles. The van der Waals surface area contributed by atoms with Crippen molar-refractivity contribution in [3.05, 3.63) is 35.4 Å². The minimum absolute atomic E-state index is 0.258. The van der Waals surface area contributed by atoms with Gasteiger partial charge in [-0.15, -0.1) is 0 Å². The summed E-state index contributed by atoms with van der Waals surface area (Å²) in [5.41, 5.74) is 1.25. The highest BCUT2D eigenvalue weighted by Crippen LogP contribution is 2.25. The van der Waals surface area contributed by atoms with Gasteiger partial charge in [0, 0.05) is 56.5 Å². The maximum Gasteiger partial charge on any atom is 0.120 e. The van der Waals surface area contributed by atoms with E-state index in [2.05, 4.69) is 52.5 Å². The quantitative estimate of drug-likeness (QED) is 0.684.